The van der Waals surface area contributed by atoms with Gasteiger partial charge in [0.1, 0.15) is 11.6 Å². The van der Waals surface area contributed by atoms with Crippen LogP contribution in [-0.4, -0.2) is 25.7 Å². The van der Waals surface area contributed by atoms with E-state index < -0.39 is 5.56 Å². The van der Waals surface area contributed by atoms with Crippen LogP contribution < -0.4 is 11.0 Å². The van der Waals surface area contributed by atoms with Gasteiger partial charge in [-0.1, -0.05) is 41.9 Å². The van der Waals surface area contributed by atoms with Crippen LogP contribution in [0.2, 0.25) is 5.02 Å². The highest BCUT2D eigenvalue weighted by Crippen LogP contribution is 2.20. The molecule has 0 fully saturated rings. The molecule has 0 aliphatic rings. The van der Waals surface area contributed by atoms with Gasteiger partial charge >= 0.3 is 0 Å². The number of anilines is 1. The number of nitrogens with one attached hydrogen (secondary N) is 2. The quantitative estimate of drug-likeness (QED) is 0.382. The van der Waals surface area contributed by atoms with Crippen molar-refractivity contribution in [1.82, 2.24) is 19.5 Å². The first-order valence-electron chi connectivity index (χ1n) is 8.82. The summed E-state index contributed by atoms with van der Waals surface area (Å²) in [5, 5.41) is 13.9. The van der Waals surface area contributed by atoms with Gasteiger partial charge in [0.15, 0.2) is 0 Å². The molecule has 9 heteroatoms. The molecular formula is C21H14ClN7O. The first-order chi connectivity index (χ1) is 14.7. The van der Waals surface area contributed by atoms with E-state index in [1.54, 1.807) is 42.9 Å². The highest BCUT2D eigenvalue weighted by atomic mass is 35.5. The molecule has 0 saturated heterocycles. The number of aromatic nitrogens is 4. The van der Waals surface area contributed by atoms with Crippen molar-refractivity contribution in [2.75, 3.05) is 5.43 Å². The summed E-state index contributed by atoms with van der Waals surface area (Å²) in [5.41, 5.74) is 4.55. The molecule has 0 unspecified atom stereocenters. The van der Waals surface area contributed by atoms with Crippen molar-refractivity contribution in [2.45, 2.75) is 0 Å². The van der Waals surface area contributed by atoms with Crippen LogP contribution in [0.3, 0.4) is 0 Å². The maximum Gasteiger partial charge on any atom is 0.270 e. The lowest BCUT2D eigenvalue weighted by molar-refractivity contribution is 1.06. The Labute approximate surface area is 176 Å². The van der Waals surface area contributed by atoms with E-state index in [-0.39, 0.29) is 17.2 Å². The van der Waals surface area contributed by atoms with Crippen molar-refractivity contribution < 1.29 is 0 Å². The fraction of sp³-hybridized carbons (Fsp3) is 0. The molecule has 4 rings (SSSR count). The number of nitriles is 1. The Morgan fingerprint density at radius 1 is 1.23 bits per heavy atom. The maximum atomic E-state index is 12.3. The van der Waals surface area contributed by atoms with E-state index in [0.717, 1.165) is 5.69 Å². The van der Waals surface area contributed by atoms with Crippen LogP contribution in [0.1, 0.15) is 11.1 Å². The van der Waals surface area contributed by atoms with Gasteiger partial charge in [0.05, 0.1) is 23.3 Å². The predicted molar refractivity (Wildman–Crippen MR) is 115 cm³/mol. The minimum atomic E-state index is -0.549. The van der Waals surface area contributed by atoms with Gasteiger partial charge in [0, 0.05) is 29.2 Å². The normalized spacial score (nSPS) is 10.8. The molecule has 8 nitrogen and oxygen atoms in total. The molecule has 0 aliphatic carbocycles. The van der Waals surface area contributed by atoms with Gasteiger partial charge in [-0.15, -0.1) is 0 Å². The van der Waals surface area contributed by atoms with Crippen molar-refractivity contribution in [3.05, 3.63) is 93.8 Å². The van der Waals surface area contributed by atoms with Gasteiger partial charge in [0.25, 0.3) is 5.56 Å². The molecular weight excluding hydrogens is 402 g/mol. The SMILES string of the molecule is N#Cc1c(-c2ccccc2)nc(NN=Cc2ccc(-n3ccnc3)cc2Cl)[nH]c1=O. The van der Waals surface area contributed by atoms with E-state index in [1.807, 2.05) is 35.0 Å². The van der Waals surface area contributed by atoms with Crippen molar-refractivity contribution in [3.8, 4) is 23.0 Å². The Hall–Kier alpha value is -4.22. The van der Waals surface area contributed by atoms with Crippen molar-refractivity contribution in [1.29, 1.82) is 5.26 Å². The minimum Gasteiger partial charge on any atom is -0.306 e. The summed E-state index contributed by atoms with van der Waals surface area (Å²) in [5.74, 6) is 0.111. The lowest BCUT2D eigenvalue weighted by Gasteiger charge is -2.06. The predicted octanol–water partition coefficient (Wildman–Crippen LogP) is 3.59. The molecule has 2 aromatic heterocycles. The molecule has 2 heterocycles. The molecule has 0 atom stereocenters. The molecule has 0 aliphatic heterocycles. The van der Waals surface area contributed by atoms with E-state index in [0.29, 0.717) is 16.1 Å². The summed E-state index contributed by atoms with van der Waals surface area (Å²) in [4.78, 5) is 23.1. The second kappa shape index (κ2) is 8.43. The van der Waals surface area contributed by atoms with E-state index in [2.05, 4.69) is 25.5 Å². The van der Waals surface area contributed by atoms with Crippen LogP contribution in [0.4, 0.5) is 5.95 Å². The molecule has 30 heavy (non-hydrogen) atoms. The zero-order valence-electron chi connectivity index (χ0n) is 15.5. The summed E-state index contributed by atoms with van der Waals surface area (Å²) < 4.78 is 1.83. The second-order valence-electron chi connectivity index (χ2n) is 6.16. The van der Waals surface area contributed by atoms with Crippen LogP contribution in [0.5, 0.6) is 0 Å². The van der Waals surface area contributed by atoms with E-state index in [4.69, 9.17) is 11.6 Å². The van der Waals surface area contributed by atoms with Gasteiger partial charge in [0.2, 0.25) is 5.95 Å². The Balaban J connectivity index is 1.58. The standard InChI is InChI=1S/C21H14ClN7O/c22-18-10-16(29-9-8-24-13-29)7-6-15(18)12-25-28-21-26-19(14-4-2-1-3-5-14)17(11-23)20(30)27-21/h1-10,12-13H,(H2,26,27,28,30). The summed E-state index contributed by atoms with van der Waals surface area (Å²) in [6.07, 6.45) is 6.69. The number of nitrogens with zero attached hydrogens (tertiary/aromatic N) is 5. The zero-order chi connectivity index (χ0) is 20.9. The topological polar surface area (TPSA) is 112 Å². The van der Waals surface area contributed by atoms with E-state index in [9.17, 15) is 10.1 Å². The number of hydrogen-bond acceptors (Lipinski definition) is 6. The lowest BCUT2D eigenvalue weighted by atomic mass is 10.1. The van der Waals surface area contributed by atoms with Gasteiger partial charge in [-0.2, -0.15) is 10.4 Å². The third-order valence-corrected chi connectivity index (χ3v) is 4.57. The molecule has 0 radical (unpaired) electrons. The summed E-state index contributed by atoms with van der Waals surface area (Å²) in [7, 11) is 0. The first kappa shape index (κ1) is 19.1. The Morgan fingerprint density at radius 2 is 2.07 bits per heavy atom. The monoisotopic (exact) mass is 415 g/mol. The highest BCUT2D eigenvalue weighted by Gasteiger charge is 2.12. The smallest absolute Gasteiger partial charge is 0.270 e. The molecule has 146 valence electrons. The third kappa shape index (κ3) is 3.97. The highest BCUT2D eigenvalue weighted by molar-refractivity contribution is 6.33. The Kier molecular flexibility index (Phi) is 5.37. The van der Waals surface area contributed by atoms with Gasteiger partial charge in [-0.25, -0.2) is 15.4 Å². The van der Waals surface area contributed by atoms with E-state index >= 15 is 0 Å². The molecule has 0 bridgehead atoms. The van der Waals surface area contributed by atoms with Gasteiger partial charge in [-0.05, 0) is 18.2 Å². The first-order valence-corrected chi connectivity index (χ1v) is 9.20. The lowest BCUT2D eigenvalue weighted by Crippen LogP contribution is -2.16. The minimum absolute atomic E-state index is 0.0612. The molecule has 0 amide bonds. The number of benzene rings is 2. The van der Waals surface area contributed by atoms with Crippen molar-refractivity contribution >= 4 is 23.8 Å². The average molecular weight is 416 g/mol. The van der Waals surface area contributed by atoms with Crippen molar-refractivity contribution in [3.63, 3.8) is 0 Å². The van der Waals surface area contributed by atoms with Crippen LogP contribution in [0.25, 0.3) is 16.9 Å². The maximum absolute atomic E-state index is 12.3. The summed E-state index contributed by atoms with van der Waals surface area (Å²) >= 11 is 6.34. The third-order valence-electron chi connectivity index (χ3n) is 4.24. The fourth-order valence-corrected chi connectivity index (χ4v) is 3.01. The van der Waals surface area contributed by atoms with Crippen LogP contribution in [-0.2, 0) is 0 Å². The molecule has 0 saturated carbocycles. The number of H-pyrrole nitrogens is 1. The Morgan fingerprint density at radius 3 is 2.77 bits per heavy atom. The Bertz CT molecular complexity index is 1310. The number of rotatable bonds is 5. The van der Waals surface area contributed by atoms with Gasteiger partial charge < -0.3 is 4.57 Å². The number of hydrazone groups is 1. The number of halogens is 1. The largest absolute Gasteiger partial charge is 0.306 e. The van der Waals surface area contributed by atoms with Crippen LogP contribution in [0.15, 0.2) is 77.1 Å². The number of aromatic amines is 1. The number of imidazole rings is 1. The number of hydrogen-bond donors (Lipinski definition) is 2. The fourth-order valence-electron chi connectivity index (χ4n) is 2.79. The van der Waals surface area contributed by atoms with Crippen LogP contribution in [0, 0.1) is 11.3 Å². The van der Waals surface area contributed by atoms with Gasteiger partial charge in [-0.3, -0.25) is 9.78 Å². The van der Waals surface area contributed by atoms with Crippen molar-refractivity contribution in [2.24, 2.45) is 5.10 Å². The molecule has 4 aromatic rings. The van der Waals surface area contributed by atoms with E-state index in [1.165, 1.54) is 6.21 Å². The second-order valence-corrected chi connectivity index (χ2v) is 6.57. The molecule has 0 spiro atoms. The zero-order valence-corrected chi connectivity index (χ0v) is 16.2. The summed E-state index contributed by atoms with van der Waals surface area (Å²) in [6, 6.07) is 16.4. The molecule has 2 N–H and O–H groups in total. The average Bonchev–Trinajstić information content (AvgIpc) is 3.30. The molecule has 2 aromatic carbocycles. The summed E-state index contributed by atoms with van der Waals surface area (Å²) in [6.45, 7) is 0. The van der Waals surface area contributed by atoms with Crippen LogP contribution >= 0.6 is 11.6 Å².